The Bertz CT molecular complexity index is 550. The zero-order valence-electron chi connectivity index (χ0n) is 11.5. The van der Waals surface area contributed by atoms with Gasteiger partial charge in [0, 0.05) is 19.0 Å². The van der Waals surface area contributed by atoms with Gasteiger partial charge in [0.1, 0.15) is 18.0 Å². The third kappa shape index (κ3) is 2.98. The van der Waals surface area contributed by atoms with Crippen LogP contribution in [0.2, 0.25) is 0 Å². The van der Waals surface area contributed by atoms with Gasteiger partial charge in [-0.05, 0) is 44.2 Å². The molecule has 102 valence electrons. The molecule has 0 bridgehead atoms. The first kappa shape index (κ1) is 13.7. The molecule has 19 heavy (non-hydrogen) atoms. The van der Waals surface area contributed by atoms with Crippen molar-refractivity contribution in [2.45, 2.75) is 32.9 Å². The molecule has 0 amide bonds. The molecule has 1 aromatic heterocycles. The summed E-state index contributed by atoms with van der Waals surface area (Å²) in [5.74, 6) is 0.698. The van der Waals surface area contributed by atoms with Gasteiger partial charge in [0.2, 0.25) is 0 Å². The maximum Gasteiger partial charge on any atom is 0.138 e. The van der Waals surface area contributed by atoms with E-state index in [0.717, 1.165) is 23.5 Å². The number of likely N-dealkylation sites (N-methyl/N-ethyl adjacent to an activating group) is 1. The second-order valence-corrected chi connectivity index (χ2v) is 4.54. The molecule has 0 saturated carbocycles. The Morgan fingerprint density at radius 3 is 2.89 bits per heavy atom. The van der Waals surface area contributed by atoms with E-state index in [-0.39, 0.29) is 11.9 Å². The quantitative estimate of drug-likeness (QED) is 0.898. The van der Waals surface area contributed by atoms with Crippen LogP contribution in [0.5, 0.6) is 0 Å². The van der Waals surface area contributed by atoms with Crippen molar-refractivity contribution in [3.63, 3.8) is 0 Å². The van der Waals surface area contributed by atoms with E-state index in [9.17, 15) is 4.39 Å². The number of aromatic nitrogens is 3. The lowest BCUT2D eigenvalue weighted by Gasteiger charge is -2.18. The largest absolute Gasteiger partial charge is 0.313 e. The Morgan fingerprint density at radius 2 is 2.21 bits per heavy atom. The Hall–Kier alpha value is -1.75. The van der Waals surface area contributed by atoms with E-state index >= 15 is 0 Å². The molecule has 0 aliphatic heterocycles. The molecule has 0 aliphatic rings. The number of halogens is 1. The number of nitrogens with one attached hydrogen (secondary N) is 1. The van der Waals surface area contributed by atoms with Crippen LogP contribution >= 0.6 is 0 Å². The summed E-state index contributed by atoms with van der Waals surface area (Å²) in [7, 11) is 1.88. The molecule has 1 atom stereocenters. The number of rotatable bonds is 5. The minimum Gasteiger partial charge on any atom is -0.313 e. The number of nitrogens with zero attached hydrogens (tertiary/aromatic N) is 3. The summed E-state index contributed by atoms with van der Waals surface area (Å²) in [6.45, 7) is 4.80. The summed E-state index contributed by atoms with van der Waals surface area (Å²) in [6.07, 6.45) is 2.25. The molecule has 0 fully saturated rings. The fourth-order valence-corrected chi connectivity index (χ4v) is 2.25. The van der Waals surface area contributed by atoms with E-state index in [1.54, 1.807) is 18.5 Å². The number of hydrogen-bond acceptors (Lipinski definition) is 3. The van der Waals surface area contributed by atoms with Gasteiger partial charge in [-0.3, -0.25) is 4.68 Å². The van der Waals surface area contributed by atoms with Crippen LogP contribution in [0.25, 0.3) is 0 Å². The van der Waals surface area contributed by atoms with Gasteiger partial charge in [0.15, 0.2) is 0 Å². The molecular formula is C14H19FN4. The highest BCUT2D eigenvalue weighted by Crippen LogP contribution is 2.21. The van der Waals surface area contributed by atoms with E-state index in [4.69, 9.17) is 0 Å². The van der Waals surface area contributed by atoms with E-state index in [0.29, 0.717) is 6.42 Å². The molecule has 1 aromatic carbocycles. The number of benzene rings is 1. The van der Waals surface area contributed by atoms with Crippen LogP contribution < -0.4 is 5.32 Å². The summed E-state index contributed by atoms with van der Waals surface area (Å²) in [6, 6.07) is 4.91. The fourth-order valence-electron chi connectivity index (χ4n) is 2.25. The summed E-state index contributed by atoms with van der Waals surface area (Å²) in [5, 5.41) is 7.39. The summed E-state index contributed by atoms with van der Waals surface area (Å²) in [5.41, 5.74) is 2.04. The second kappa shape index (κ2) is 5.93. The van der Waals surface area contributed by atoms with Gasteiger partial charge in [-0.1, -0.05) is 6.07 Å². The lowest BCUT2D eigenvalue weighted by atomic mass is 9.98. The lowest BCUT2D eigenvalue weighted by molar-refractivity contribution is 0.527. The van der Waals surface area contributed by atoms with Crippen LogP contribution in [0.1, 0.15) is 29.9 Å². The number of aryl methyl sites for hydroxylation is 2. The van der Waals surface area contributed by atoms with Crippen molar-refractivity contribution in [3.8, 4) is 0 Å². The van der Waals surface area contributed by atoms with Crippen molar-refractivity contribution >= 4 is 0 Å². The maximum absolute atomic E-state index is 13.4. The molecule has 1 unspecified atom stereocenters. The van der Waals surface area contributed by atoms with Crippen LogP contribution in [0.15, 0.2) is 24.5 Å². The fraction of sp³-hybridized carbons (Fsp3) is 0.429. The monoisotopic (exact) mass is 262 g/mol. The average molecular weight is 262 g/mol. The highest BCUT2D eigenvalue weighted by Gasteiger charge is 2.16. The third-order valence-corrected chi connectivity index (χ3v) is 3.35. The molecule has 5 heteroatoms. The molecular weight excluding hydrogens is 243 g/mol. The first-order chi connectivity index (χ1) is 9.15. The summed E-state index contributed by atoms with van der Waals surface area (Å²) in [4.78, 5) is 4.27. The minimum atomic E-state index is -0.210. The Labute approximate surface area is 112 Å². The summed E-state index contributed by atoms with van der Waals surface area (Å²) >= 11 is 0. The molecule has 1 N–H and O–H groups in total. The van der Waals surface area contributed by atoms with Crippen molar-refractivity contribution in [1.29, 1.82) is 0 Å². The zero-order chi connectivity index (χ0) is 13.8. The predicted octanol–water partition coefficient (Wildman–Crippen LogP) is 2.25. The van der Waals surface area contributed by atoms with Crippen LogP contribution in [0.4, 0.5) is 4.39 Å². The van der Waals surface area contributed by atoms with Gasteiger partial charge < -0.3 is 5.32 Å². The SMILES string of the molecule is CCn1ncnc1CC(NC)c1cc(F)ccc1C. The molecule has 0 saturated heterocycles. The molecule has 1 heterocycles. The zero-order valence-corrected chi connectivity index (χ0v) is 11.5. The summed E-state index contributed by atoms with van der Waals surface area (Å²) < 4.78 is 15.3. The number of hydrogen-bond donors (Lipinski definition) is 1. The van der Waals surface area contributed by atoms with Crippen LogP contribution in [0, 0.1) is 12.7 Å². The van der Waals surface area contributed by atoms with E-state index < -0.39 is 0 Å². The van der Waals surface area contributed by atoms with Gasteiger partial charge in [-0.25, -0.2) is 9.37 Å². The van der Waals surface area contributed by atoms with Gasteiger partial charge in [0.05, 0.1) is 0 Å². The smallest absolute Gasteiger partial charge is 0.138 e. The minimum absolute atomic E-state index is 0.0326. The molecule has 0 radical (unpaired) electrons. The van der Waals surface area contributed by atoms with E-state index in [2.05, 4.69) is 15.4 Å². The molecule has 2 aromatic rings. The van der Waals surface area contributed by atoms with Crippen LogP contribution in [-0.4, -0.2) is 21.8 Å². The molecule has 4 nitrogen and oxygen atoms in total. The van der Waals surface area contributed by atoms with Crippen molar-refractivity contribution in [2.24, 2.45) is 0 Å². The van der Waals surface area contributed by atoms with Gasteiger partial charge in [-0.15, -0.1) is 0 Å². The maximum atomic E-state index is 13.4. The van der Waals surface area contributed by atoms with Crippen molar-refractivity contribution in [1.82, 2.24) is 20.1 Å². The second-order valence-electron chi connectivity index (χ2n) is 4.54. The standard InChI is InChI=1S/C14H19FN4/c1-4-19-14(17-9-18-19)8-13(16-3)12-7-11(15)6-5-10(12)2/h5-7,9,13,16H,4,8H2,1-3H3. The molecule has 0 spiro atoms. The Kier molecular flexibility index (Phi) is 4.27. The third-order valence-electron chi connectivity index (χ3n) is 3.35. The molecule has 0 aliphatic carbocycles. The highest BCUT2D eigenvalue weighted by molar-refractivity contribution is 5.30. The van der Waals surface area contributed by atoms with Crippen LogP contribution in [-0.2, 0) is 13.0 Å². The first-order valence-electron chi connectivity index (χ1n) is 6.45. The van der Waals surface area contributed by atoms with Crippen molar-refractivity contribution in [2.75, 3.05) is 7.05 Å². The van der Waals surface area contributed by atoms with E-state index in [1.807, 2.05) is 25.6 Å². The lowest BCUT2D eigenvalue weighted by Crippen LogP contribution is -2.22. The van der Waals surface area contributed by atoms with Crippen molar-refractivity contribution < 1.29 is 4.39 Å². The Balaban J connectivity index is 2.27. The topological polar surface area (TPSA) is 42.7 Å². The molecule has 2 rings (SSSR count). The van der Waals surface area contributed by atoms with E-state index in [1.165, 1.54) is 6.07 Å². The van der Waals surface area contributed by atoms with Crippen molar-refractivity contribution in [3.05, 3.63) is 47.3 Å². The van der Waals surface area contributed by atoms with Gasteiger partial charge >= 0.3 is 0 Å². The highest BCUT2D eigenvalue weighted by atomic mass is 19.1. The van der Waals surface area contributed by atoms with Crippen LogP contribution in [0.3, 0.4) is 0 Å². The predicted molar refractivity (Wildman–Crippen MR) is 72.3 cm³/mol. The normalized spacial score (nSPS) is 12.6. The van der Waals surface area contributed by atoms with Gasteiger partial charge in [0.25, 0.3) is 0 Å². The Morgan fingerprint density at radius 1 is 1.42 bits per heavy atom. The average Bonchev–Trinajstić information content (AvgIpc) is 2.86. The first-order valence-corrected chi connectivity index (χ1v) is 6.45. The van der Waals surface area contributed by atoms with Gasteiger partial charge in [-0.2, -0.15) is 5.10 Å².